The molecule has 5 nitrogen and oxygen atoms in total. The van der Waals surface area contributed by atoms with Crippen molar-refractivity contribution in [2.45, 2.75) is 24.0 Å². The smallest absolute Gasteiger partial charge is 0.335 e. The summed E-state index contributed by atoms with van der Waals surface area (Å²) >= 11 is 1.21. The molecule has 2 aromatic rings. The van der Waals surface area contributed by atoms with Gasteiger partial charge in [-0.25, -0.2) is 9.78 Å². The van der Waals surface area contributed by atoms with E-state index in [0.717, 1.165) is 11.5 Å². The number of carbonyl (C=O) groups is 1. The quantitative estimate of drug-likeness (QED) is 0.828. The first kappa shape index (κ1) is 12.5. The van der Waals surface area contributed by atoms with Crippen LogP contribution in [0.3, 0.4) is 0 Å². The first-order chi connectivity index (χ1) is 8.47. The van der Waals surface area contributed by atoms with Gasteiger partial charge in [0.25, 0.3) is 5.22 Å². The molecule has 1 aromatic carbocycles. The van der Waals surface area contributed by atoms with Crippen molar-refractivity contribution in [3.8, 4) is 0 Å². The first-order valence-corrected chi connectivity index (χ1v) is 6.03. The van der Waals surface area contributed by atoms with Crippen molar-refractivity contribution in [2.75, 3.05) is 5.73 Å². The molecule has 0 amide bonds. The molecular formula is C12H12N2O3S. The molecule has 0 fully saturated rings. The lowest BCUT2D eigenvalue weighted by Gasteiger charge is -2.03. The third-order valence-electron chi connectivity index (χ3n) is 2.47. The van der Waals surface area contributed by atoms with E-state index in [1.807, 2.05) is 13.8 Å². The number of rotatable bonds is 3. The highest BCUT2D eigenvalue weighted by Gasteiger charge is 2.12. The molecule has 0 saturated carbocycles. The van der Waals surface area contributed by atoms with Crippen LogP contribution in [0.25, 0.3) is 0 Å². The number of hydrogen-bond acceptors (Lipinski definition) is 5. The third kappa shape index (κ3) is 2.48. The maximum absolute atomic E-state index is 10.9. The highest BCUT2D eigenvalue weighted by molar-refractivity contribution is 7.99. The lowest BCUT2D eigenvalue weighted by Crippen LogP contribution is -1.98. The summed E-state index contributed by atoms with van der Waals surface area (Å²) in [6.45, 7) is 3.67. The normalized spacial score (nSPS) is 10.6. The summed E-state index contributed by atoms with van der Waals surface area (Å²) < 4.78 is 5.42. The zero-order valence-electron chi connectivity index (χ0n) is 9.93. The van der Waals surface area contributed by atoms with Gasteiger partial charge < -0.3 is 15.3 Å². The summed E-state index contributed by atoms with van der Waals surface area (Å²) in [7, 11) is 0. The molecule has 0 aliphatic heterocycles. The highest BCUT2D eigenvalue weighted by atomic mass is 32.2. The lowest BCUT2D eigenvalue weighted by molar-refractivity contribution is 0.0696. The summed E-state index contributed by atoms with van der Waals surface area (Å²) in [6, 6.07) is 4.54. The Bertz CT molecular complexity index is 588. The van der Waals surface area contributed by atoms with Crippen LogP contribution < -0.4 is 5.73 Å². The van der Waals surface area contributed by atoms with Crippen molar-refractivity contribution in [2.24, 2.45) is 0 Å². The summed E-state index contributed by atoms with van der Waals surface area (Å²) in [5, 5.41) is 9.38. The standard InChI is InChI=1S/C12H12N2O3S/c1-6-7(2)17-12(14-6)18-10-5-8(11(15)16)3-4-9(10)13/h3-5H,13H2,1-2H3,(H,15,16). The monoisotopic (exact) mass is 264 g/mol. The lowest BCUT2D eigenvalue weighted by atomic mass is 10.2. The van der Waals surface area contributed by atoms with Crippen LogP contribution >= 0.6 is 11.8 Å². The number of anilines is 1. The number of carboxylic acid groups (broad SMARTS) is 1. The van der Waals surface area contributed by atoms with Crippen LogP contribution in [0.4, 0.5) is 5.69 Å². The van der Waals surface area contributed by atoms with Gasteiger partial charge in [-0.15, -0.1) is 0 Å². The zero-order valence-corrected chi connectivity index (χ0v) is 10.7. The maximum atomic E-state index is 10.9. The van der Waals surface area contributed by atoms with Crippen molar-refractivity contribution in [3.05, 3.63) is 35.2 Å². The fraction of sp³-hybridized carbons (Fsp3) is 0.167. The van der Waals surface area contributed by atoms with Gasteiger partial charge in [-0.3, -0.25) is 0 Å². The van der Waals surface area contributed by atoms with E-state index in [1.54, 1.807) is 6.07 Å². The second-order valence-corrected chi connectivity index (χ2v) is 4.77. The minimum atomic E-state index is -0.989. The molecule has 0 unspecified atom stereocenters. The van der Waals surface area contributed by atoms with Gasteiger partial charge in [-0.1, -0.05) is 0 Å². The Morgan fingerprint density at radius 2 is 2.17 bits per heavy atom. The fourth-order valence-corrected chi connectivity index (χ4v) is 2.25. The molecule has 3 N–H and O–H groups in total. The van der Waals surface area contributed by atoms with E-state index < -0.39 is 5.97 Å². The predicted molar refractivity (Wildman–Crippen MR) is 67.9 cm³/mol. The molecule has 94 valence electrons. The fourth-order valence-electron chi connectivity index (χ4n) is 1.34. The van der Waals surface area contributed by atoms with Crippen LogP contribution in [0.1, 0.15) is 21.8 Å². The van der Waals surface area contributed by atoms with Crippen molar-refractivity contribution >= 4 is 23.4 Å². The van der Waals surface area contributed by atoms with E-state index in [2.05, 4.69) is 4.98 Å². The molecule has 0 aliphatic rings. The minimum Gasteiger partial charge on any atom is -0.478 e. The van der Waals surface area contributed by atoms with Gasteiger partial charge in [-0.05, 0) is 43.8 Å². The molecule has 0 radical (unpaired) electrons. The van der Waals surface area contributed by atoms with Gasteiger partial charge in [0.05, 0.1) is 11.3 Å². The molecule has 1 heterocycles. The largest absolute Gasteiger partial charge is 0.478 e. The average molecular weight is 264 g/mol. The maximum Gasteiger partial charge on any atom is 0.335 e. The number of aromatic carboxylic acids is 1. The van der Waals surface area contributed by atoms with E-state index in [-0.39, 0.29) is 5.56 Å². The van der Waals surface area contributed by atoms with Crippen LogP contribution in [0.2, 0.25) is 0 Å². The Kier molecular flexibility index (Phi) is 3.29. The van der Waals surface area contributed by atoms with E-state index in [1.165, 1.54) is 23.9 Å². The van der Waals surface area contributed by atoms with Crippen LogP contribution in [0.15, 0.2) is 32.7 Å². The Labute approximate surface area is 108 Å². The molecule has 0 aliphatic carbocycles. The SMILES string of the molecule is Cc1nc(Sc2cc(C(=O)O)ccc2N)oc1C. The number of oxazole rings is 1. The molecule has 6 heteroatoms. The van der Waals surface area contributed by atoms with Crippen molar-refractivity contribution in [1.82, 2.24) is 4.98 Å². The number of carboxylic acids is 1. The number of nitrogens with zero attached hydrogens (tertiary/aromatic N) is 1. The number of benzene rings is 1. The topological polar surface area (TPSA) is 89.3 Å². The van der Waals surface area contributed by atoms with E-state index >= 15 is 0 Å². The Morgan fingerprint density at radius 3 is 2.72 bits per heavy atom. The highest BCUT2D eigenvalue weighted by Crippen LogP contribution is 2.33. The van der Waals surface area contributed by atoms with Gasteiger partial charge in [-0.2, -0.15) is 0 Å². The average Bonchev–Trinajstić information content (AvgIpc) is 2.61. The van der Waals surface area contributed by atoms with Gasteiger partial charge in [0.1, 0.15) is 5.76 Å². The number of nitrogen functional groups attached to an aromatic ring is 1. The molecule has 18 heavy (non-hydrogen) atoms. The van der Waals surface area contributed by atoms with E-state index in [9.17, 15) is 4.79 Å². The summed E-state index contributed by atoms with van der Waals surface area (Å²) in [6.07, 6.45) is 0. The van der Waals surface area contributed by atoms with Crippen molar-refractivity contribution < 1.29 is 14.3 Å². The molecule has 2 rings (SSSR count). The Balaban J connectivity index is 2.33. The van der Waals surface area contributed by atoms with Crippen LogP contribution in [0, 0.1) is 13.8 Å². The second kappa shape index (κ2) is 4.73. The zero-order chi connectivity index (χ0) is 13.3. The van der Waals surface area contributed by atoms with Crippen LogP contribution in [0.5, 0.6) is 0 Å². The van der Waals surface area contributed by atoms with Crippen molar-refractivity contribution in [1.29, 1.82) is 0 Å². The minimum absolute atomic E-state index is 0.187. The Morgan fingerprint density at radius 1 is 1.44 bits per heavy atom. The molecule has 0 bridgehead atoms. The molecule has 0 atom stereocenters. The van der Waals surface area contributed by atoms with Gasteiger partial charge in [0.15, 0.2) is 0 Å². The number of aromatic nitrogens is 1. The molecular weight excluding hydrogens is 252 g/mol. The van der Waals surface area contributed by atoms with Gasteiger partial charge >= 0.3 is 5.97 Å². The predicted octanol–water partition coefficient (Wildman–Crippen LogP) is 2.72. The summed E-state index contributed by atoms with van der Waals surface area (Å²) in [5.74, 6) is -0.248. The number of nitrogens with two attached hydrogens (primary N) is 1. The molecule has 0 saturated heterocycles. The van der Waals surface area contributed by atoms with E-state index in [4.69, 9.17) is 15.3 Å². The second-order valence-electron chi connectivity index (χ2n) is 3.78. The van der Waals surface area contributed by atoms with Crippen LogP contribution in [-0.4, -0.2) is 16.1 Å². The third-order valence-corrected chi connectivity index (χ3v) is 3.39. The first-order valence-electron chi connectivity index (χ1n) is 5.22. The molecule has 0 spiro atoms. The molecule has 1 aromatic heterocycles. The van der Waals surface area contributed by atoms with Gasteiger partial charge in [0.2, 0.25) is 0 Å². The van der Waals surface area contributed by atoms with Crippen LogP contribution in [-0.2, 0) is 0 Å². The summed E-state index contributed by atoms with van der Waals surface area (Å²) in [5.41, 5.74) is 7.30. The summed E-state index contributed by atoms with van der Waals surface area (Å²) in [4.78, 5) is 15.7. The number of hydrogen-bond donors (Lipinski definition) is 2. The van der Waals surface area contributed by atoms with Crippen molar-refractivity contribution in [3.63, 3.8) is 0 Å². The van der Waals surface area contributed by atoms with E-state index in [0.29, 0.717) is 15.8 Å². The van der Waals surface area contributed by atoms with Gasteiger partial charge in [0, 0.05) is 10.6 Å². The number of aryl methyl sites for hydroxylation is 2. The Hall–Kier alpha value is -1.95.